The van der Waals surface area contributed by atoms with E-state index < -0.39 is 0 Å². The summed E-state index contributed by atoms with van der Waals surface area (Å²) in [4.78, 5) is 14.0. The average molecular weight is 330 g/mol. The molecule has 0 aliphatic carbocycles. The minimum absolute atomic E-state index is 0.428. The number of aromatic nitrogens is 4. The van der Waals surface area contributed by atoms with E-state index in [1.165, 1.54) is 0 Å². The van der Waals surface area contributed by atoms with Crippen LogP contribution < -0.4 is 4.90 Å². The maximum atomic E-state index is 5.42. The molecule has 8 heteroatoms. The van der Waals surface area contributed by atoms with Crippen molar-refractivity contribution in [1.29, 1.82) is 0 Å². The summed E-state index contributed by atoms with van der Waals surface area (Å²) in [5.41, 5.74) is 0.888. The van der Waals surface area contributed by atoms with Crippen molar-refractivity contribution in [2.75, 3.05) is 44.3 Å². The number of likely N-dealkylation sites (tertiary alicyclic amines) is 1. The molecule has 8 nitrogen and oxygen atoms in total. The highest BCUT2D eigenvalue weighted by Gasteiger charge is 2.24. The SMILES string of the molecule is c1cc(N2CCOCC2)nc(C2CCN(Cc3cnon3)CC2)n1. The first kappa shape index (κ1) is 15.5. The number of piperidine rings is 1. The molecule has 2 aliphatic heterocycles. The van der Waals surface area contributed by atoms with Gasteiger partial charge < -0.3 is 9.64 Å². The molecule has 2 fully saturated rings. The molecule has 24 heavy (non-hydrogen) atoms. The Balaban J connectivity index is 1.36. The van der Waals surface area contributed by atoms with Gasteiger partial charge in [0.1, 0.15) is 17.3 Å². The maximum Gasteiger partial charge on any atom is 0.133 e. The van der Waals surface area contributed by atoms with Crippen LogP contribution >= 0.6 is 0 Å². The molecule has 2 aromatic rings. The highest BCUT2D eigenvalue weighted by atomic mass is 16.6. The first-order valence-electron chi connectivity index (χ1n) is 8.53. The molecule has 2 aromatic heterocycles. The quantitative estimate of drug-likeness (QED) is 0.824. The van der Waals surface area contributed by atoms with Gasteiger partial charge in [0.2, 0.25) is 0 Å². The summed E-state index contributed by atoms with van der Waals surface area (Å²) in [5, 5.41) is 7.54. The van der Waals surface area contributed by atoms with E-state index in [4.69, 9.17) is 9.72 Å². The van der Waals surface area contributed by atoms with Gasteiger partial charge in [0.25, 0.3) is 0 Å². The van der Waals surface area contributed by atoms with E-state index in [-0.39, 0.29) is 0 Å². The lowest BCUT2D eigenvalue weighted by Crippen LogP contribution is -2.37. The smallest absolute Gasteiger partial charge is 0.133 e. The predicted molar refractivity (Wildman–Crippen MR) is 86.6 cm³/mol. The fourth-order valence-electron chi connectivity index (χ4n) is 3.36. The highest BCUT2D eigenvalue weighted by Crippen LogP contribution is 2.27. The third kappa shape index (κ3) is 3.54. The lowest BCUT2D eigenvalue weighted by Gasteiger charge is -2.31. The third-order valence-corrected chi connectivity index (χ3v) is 4.74. The predicted octanol–water partition coefficient (Wildman–Crippen LogP) is 1.08. The monoisotopic (exact) mass is 330 g/mol. The van der Waals surface area contributed by atoms with Gasteiger partial charge in [-0.1, -0.05) is 10.3 Å². The number of morpholine rings is 1. The Kier molecular flexibility index (Phi) is 4.66. The van der Waals surface area contributed by atoms with Gasteiger partial charge in [0.05, 0.1) is 19.4 Å². The average Bonchev–Trinajstić information content (AvgIpc) is 3.16. The van der Waals surface area contributed by atoms with Crippen molar-refractivity contribution in [3.05, 3.63) is 30.0 Å². The maximum absolute atomic E-state index is 5.42. The van der Waals surface area contributed by atoms with Crippen LogP contribution in [0.5, 0.6) is 0 Å². The topological polar surface area (TPSA) is 80.4 Å². The third-order valence-electron chi connectivity index (χ3n) is 4.74. The van der Waals surface area contributed by atoms with Gasteiger partial charge in [0.15, 0.2) is 0 Å². The molecular weight excluding hydrogens is 308 g/mol. The largest absolute Gasteiger partial charge is 0.378 e. The fourth-order valence-corrected chi connectivity index (χ4v) is 3.36. The summed E-state index contributed by atoms with van der Waals surface area (Å²) >= 11 is 0. The normalized spacial score (nSPS) is 20.4. The number of anilines is 1. The van der Waals surface area contributed by atoms with Crippen LogP contribution in [-0.2, 0) is 11.3 Å². The molecule has 0 atom stereocenters. The zero-order valence-electron chi connectivity index (χ0n) is 13.7. The Hall–Kier alpha value is -2.06. The molecule has 0 aromatic carbocycles. The van der Waals surface area contributed by atoms with Crippen molar-refractivity contribution in [2.45, 2.75) is 25.3 Å². The molecule has 0 unspecified atom stereocenters. The molecule has 0 radical (unpaired) electrons. The summed E-state index contributed by atoms with van der Waals surface area (Å²) in [6.07, 6.45) is 5.71. The van der Waals surface area contributed by atoms with Gasteiger partial charge in [-0.3, -0.25) is 4.90 Å². The minimum Gasteiger partial charge on any atom is -0.378 e. The summed E-state index contributed by atoms with van der Waals surface area (Å²) in [6, 6.07) is 2.00. The molecule has 2 saturated heterocycles. The molecule has 0 amide bonds. The van der Waals surface area contributed by atoms with Crippen LogP contribution in [0.4, 0.5) is 5.82 Å². The van der Waals surface area contributed by atoms with Crippen LogP contribution in [0.25, 0.3) is 0 Å². The Morgan fingerprint density at radius 2 is 1.96 bits per heavy atom. The molecule has 0 N–H and O–H groups in total. The van der Waals surface area contributed by atoms with E-state index in [0.29, 0.717) is 5.92 Å². The molecule has 128 valence electrons. The molecule has 0 spiro atoms. The van der Waals surface area contributed by atoms with Gasteiger partial charge >= 0.3 is 0 Å². The molecule has 0 saturated carbocycles. The van der Waals surface area contributed by atoms with E-state index in [0.717, 1.165) is 76.1 Å². The van der Waals surface area contributed by atoms with E-state index in [1.54, 1.807) is 6.20 Å². The summed E-state index contributed by atoms with van der Waals surface area (Å²) in [7, 11) is 0. The van der Waals surface area contributed by atoms with Gasteiger partial charge in [-0.2, -0.15) is 0 Å². The highest BCUT2D eigenvalue weighted by molar-refractivity contribution is 5.38. The Morgan fingerprint density at radius 3 is 2.71 bits per heavy atom. The summed E-state index contributed by atoms with van der Waals surface area (Å²) in [6.45, 7) is 6.18. The second-order valence-corrected chi connectivity index (χ2v) is 6.32. The van der Waals surface area contributed by atoms with Gasteiger partial charge in [0, 0.05) is 31.7 Å². The number of hydrogen-bond acceptors (Lipinski definition) is 8. The van der Waals surface area contributed by atoms with E-state index >= 15 is 0 Å². The first-order chi connectivity index (χ1) is 11.9. The second-order valence-electron chi connectivity index (χ2n) is 6.32. The number of rotatable bonds is 4. The number of nitrogens with zero attached hydrogens (tertiary/aromatic N) is 6. The molecule has 0 bridgehead atoms. The van der Waals surface area contributed by atoms with Crippen LogP contribution in [0.1, 0.15) is 30.3 Å². The first-order valence-corrected chi connectivity index (χ1v) is 8.53. The number of hydrogen-bond donors (Lipinski definition) is 0. The summed E-state index contributed by atoms with van der Waals surface area (Å²) < 4.78 is 10.1. The lowest BCUT2D eigenvalue weighted by molar-refractivity contribution is 0.122. The summed E-state index contributed by atoms with van der Waals surface area (Å²) in [5.74, 6) is 2.43. The molecule has 4 rings (SSSR count). The van der Waals surface area contributed by atoms with Gasteiger partial charge in [-0.15, -0.1) is 0 Å². The van der Waals surface area contributed by atoms with Crippen LogP contribution in [-0.4, -0.2) is 64.6 Å². The fraction of sp³-hybridized carbons (Fsp3) is 0.625. The van der Waals surface area contributed by atoms with Crippen molar-refractivity contribution in [1.82, 2.24) is 25.2 Å². The molecule has 2 aliphatic rings. The van der Waals surface area contributed by atoms with Crippen molar-refractivity contribution in [2.24, 2.45) is 0 Å². The lowest BCUT2D eigenvalue weighted by atomic mass is 9.96. The van der Waals surface area contributed by atoms with Crippen molar-refractivity contribution in [3.8, 4) is 0 Å². The Morgan fingerprint density at radius 1 is 1.12 bits per heavy atom. The second kappa shape index (κ2) is 7.23. The zero-order chi connectivity index (χ0) is 16.2. The van der Waals surface area contributed by atoms with Gasteiger partial charge in [-0.25, -0.2) is 14.6 Å². The van der Waals surface area contributed by atoms with Gasteiger partial charge in [-0.05, 0) is 32.0 Å². The van der Waals surface area contributed by atoms with E-state index in [2.05, 4.69) is 29.7 Å². The van der Waals surface area contributed by atoms with Crippen molar-refractivity contribution in [3.63, 3.8) is 0 Å². The number of ether oxygens (including phenoxy) is 1. The van der Waals surface area contributed by atoms with Crippen LogP contribution in [0.2, 0.25) is 0 Å². The minimum atomic E-state index is 0.428. The van der Waals surface area contributed by atoms with Crippen molar-refractivity contribution < 1.29 is 9.37 Å². The Bertz CT molecular complexity index is 636. The van der Waals surface area contributed by atoms with Crippen LogP contribution in [0, 0.1) is 0 Å². The van der Waals surface area contributed by atoms with E-state index in [1.807, 2.05) is 12.3 Å². The molecule has 4 heterocycles. The zero-order valence-corrected chi connectivity index (χ0v) is 13.7. The molecular formula is C16H22N6O2. The van der Waals surface area contributed by atoms with Crippen molar-refractivity contribution >= 4 is 5.82 Å². The van der Waals surface area contributed by atoms with Crippen LogP contribution in [0.3, 0.4) is 0 Å². The van der Waals surface area contributed by atoms with E-state index in [9.17, 15) is 0 Å². The van der Waals surface area contributed by atoms with Crippen LogP contribution in [0.15, 0.2) is 23.1 Å². The Labute approximate surface area is 140 Å². The standard InChI is InChI=1S/C16H22N6O2/c1-4-17-16(19-15(1)22-7-9-23-10-8-22)13-2-5-21(6-3-13)12-14-11-18-24-20-14/h1,4,11,13H,2-3,5-10,12H2.